The molecule has 5 nitrogen and oxygen atoms in total. The Bertz CT molecular complexity index is 1120. The molecule has 1 aliphatic carbocycles. The van der Waals surface area contributed by atoms with Gasteiger partial charge in [-0.3, -0.25) is 0 Å². The molecule has 1 atom stereocenters. The predicted molar refractivity (Wildman–Crippen MR) is 113 cm³/mol. The van der Waals surface area contributed by atoms with E-state index in [0.29, 0.717) is 17.7 Å². The number of benzene rings is 3. The first-order chi connectivity index (χ1) is 14.4. The summed E-state index contributed by atoms with van der Waals surface area (Å²) in [6, 6.07) is 16.7. The molecule has 30 heavy (non-hydrogen) atoms. The summed E-state index contributed by atoms with van der Waals surface area (Å²) in [4.78, 5) is 22.2. The van der Waals surface area contributed by atoms with Crippen LogP contribution >= 0.6 is 0 Å². The van der Waals surface area contributed by atoms with Crippen LogP contribution in [0.15, 0.2) is 54.6 Å². The van der Waals surface area contributed by atoms with E-state index in [1.54, 1.807) is 18.2 Å². The number of aromatic hydroxyl groups is 1. The summed E-state index contributed by atoms with van der Waals surface area (Å²) in [7, 11) is 1.45. The molecule has 154 valence electrons. The second-order valence-electron chi connectivity index (χ2n) is 7.91. The molecular weight excluding hydrogens is 380 g/mol. The van der Waals surface area contributed by atoms with Gasteiger partial charge in [0.2, 0.25) is 0 Å². The molecule has 0 radical (unpaired) electrons. The number of phenols is 1. The molecule has 0 heterocycles. The summed E-state index contributed by atoms with van der Waals surface area (Å²) in [6.07, 6.45) is 0.614. The first kappa shape index (κ1) is 20.0. The van der Waals surface area contributed by atoms with Crippen molar-refractivity contribution < 1.29 is 24.8 Å². The molecule has 0 bridgehead atoms. The van der Waals surface area contributed by atoms with E-state index in [1.807, 2.05) is 50.2 Å². The molecule has 0 fully saturated rings. The quantitative estimate of drug-likeness (QED) is 0.351. The predicted octanol–water partition coefficient (Wildman–Crippen LogP) is 5.24. The van der Waals surface area contributed by atoms with Crippen LogP contribution in [0.25, 0.3) is 0 Å². The van der Waals surface area contributed by atoms with Crippen LogP contribution in [0.4, 0.5) is 0 Å². The van der Waals surface area contributed by atoms with Crippen molar-refractivity contribution in [3.8, 4) is 11.5 Å². The molecule has 0 aliphatic heterocycles. The van der Waals surface area contributed by atoms with Crippen LogP contribution in [0.3, 0.4) is 0 Å². The molecule has 1 unspecified atom stereocenters. The second kappa shape index (κ2) is 7.84. The Hall–Kier alpha value is -3.31. The van der Waals surface area contributed by atoms with Crippen LogP contribution in [0.5, 0.6) is 11.5 Å². The molecule has 0 aromatic heterocycles. The van der Waals surface area contributed by atoms with Gasteiger partial charge in [0.05, 0.1) is 12.7 Å². The lowest BCUT2D eigenvalue weighted by molar-refractivity contribution is -0.178. The zero-order valence-corrected chi connectivity index (χ0v) is 17.2. The number of carboxylic acid groups (broad SMARTS) is 1. The van der Waals surface area contributed by atoms with E-state index in [0.717, 1.165) is 33.4 Å². The molecule has 2 N–H and O–H groups in total. The van der Waals surface area contributed by atoms with E-state index in [4.69, 9.17) is 9.78 Å². The van der Waals surface area contributed by atoms with Gasteiger partial charge < -0.3 is 15.1 Å². The molecule has 3 aromatic rings. The summed E-state index contributed by atoms with van der Waals surface area (Å²) in [5.74, 6) is -0.206. The fourth-order valence-corrected chi connectivity index (χ4v) is 4.27. The Morgan fingerprint density at radius 3 is 2.30 bits per heavy atom. The van der Waals surface area contributed by atoms with Crippen LogP contribution in [0.2, 0.25) is 0 Å². The third-order valence-corrected chi connectivity index (χ3v) is 5.71. The van der Waals surface area contributed by atoms with Crippen molar-refractivity contribution in [1.82, 2.24) is 0 Å². The maximum Gasteiger partial charge on any atom is 0.336 e. The molecule has 4 rings (SSSR count). The summed E-state index contributed by atoms with van der Waals surface area (Å²) in [6.45, 7) is 4.10. The molecule has 0 saturated heterocycles. The van der Waals surface area contributed by atoms with E-state index in [1.165, 1.54) is 7.11 Å². The monoisotopic (exact) mass is 404 g/mol. The zero-order chi connectivity index (χ0) is 21.4. The van der Waals surface area contributed by atoms with E-state index in [9.17, 15) is 15.0 Å². The standard InChI is InChI=1S/C25H24O5/c1-14(2)15-4-7-22(23(13-15)25(27)28)24-20-8-5-18(26)11-16(20)10-17-12-19(30-29-3)6-9-21(17)24/h4-9,11-14,24,26H,10H2,1-3H3,(H,27,28). The highest BCUT2D eigenvalue weighted by molar-refractivity contribution is 5.90. The van der Waals surface area contributed by atoms with Crippen molar-refractivity contribution >= 4 is 5.97 Å². The molecule has 0 amide bonds. The first-order valence-corrected chi connectivity index (χ1v) is 9.91. The number of hydrogen-bond donors (Lipinski definition) is 2. The van der Waals surface area contributed by atoms with Crippen LogP contribution < -0.4 is 4.89 Å². The van der Waals surface area contributed by atoms with Gasteiger partial charge in [-0.15, -0.1) is 0 Å². The van der Waals surface area contributed by atoms with Crippen molar-refractivity contribution in [2.75, 3.05) is 7.11 Å². The lowest BCUT2D eigenvalue weighted by atomic mass is 9.73. The van der Waals surface area contributed by atoms with Gasteiger partial charge in [-0.25, -0.2) is 4.79 Å². The molecule has 3 aromatic carbocycles. The highest BCUT2D eigenvalue weighted by Gasteiger charge is 2.30. The number of phenolic OH excluding ortho intramolecular Hbond substituents is 1. The van der Waals surface area contributed by atoms with Gasteiger partial charge in [-0.05, 0) is 76.1 Å². The number of hydrogen-bond acceptors (Lipinski definition) is 4. The Morgan fingerprint density at radius 1 is 0.967 bits per heavy atom. The molecule has 0 saturated carbocycles. The Kier molecular flexibility index (Phi) is 5.22. The van der Waals surface area contributed by atoms with Gasteiger partial charge in [0.25, 0.3) is 0 Å². The van der Waals surface area contributed by atoms with E-state index in [2.05, 4.69) is 0 Å². The molecular formula is C25H24O5. The highest BCUT2D eigenvalue weighted by atomic mass is 17.2. The van der Waals surface area contributed by atoms with E-state index in [-0.39, 0.29) is 17.6 Å². The van der Waals surface area contributed by atoms with Crippen LogP contribution in [-0.2, 0) is 11.3 Å². The van der Waals surface area contributed by atoms with Gasteiger partial charge in [-0.2, -0.15) is 4.89 Å². The number of aromatic carboxylic acids is 1. The maximum atomic E-state index is 12.2. The van der Waals surface area contributed by atoms with Crippen LogP contribution in [0, 0.1) is 0 Å². The van der Waals surface area contributed by atoms with E-state index >= 15 is 0 Å². The number of fused-ring (bicyclic) bond motifs is 2. The average Bonchev–Trinajstić information content (AvgIpc) is 2.71. The fourth-order valence-electron chi connectivity index (χ4n) is 4.27. The largest absolute Gasteiger partial charge is 0.508 e. The van der Waals surface area contributed by atoms with E-state index < -0.39 is 5.97 Å². The Morgan fingerprint density at radius 2 is 1.63 bits per heavy atom. The number of rotatable bonds is 5. The average molecular weight is 404 g/mol. The maximum absolute atomic E-state index is 12.2. The van der Waals surface area contributed by atoms with Crippen LogP contribution in [-0.4, -0.2) is 23.3 Å². The third-order valence-electron chi connectivity index (χ3n) is 5.71. The normalized spacial score (nSPS) is 14.9. The van der Waals surface area contributed by atoms with Gasteiger partial charge in [0.1, 0.15) is 5.75 Å². The lowest BCUT2D eigenvalue weighted by Crippen LogP contribution is -2.18. The summed E-state index contributed by atoms with van der Waals surface area (Å²) in [5, 5.41) is 20.0. The Balaban J connectivity index is 1.95. The third kappa shape index (κ3) is 3.53. The molecule has 0 spiro atoms. The molecule has 1 aliphatic rings. The van der Waals surface area contributed by atoms with Gasteiger partial charge in [-0.1, -0.05) is 38.1 Å². The topological polar surface area (TPSA) is 76.0 Å². The van der Waals surface area contributed by atoms with Crippen molar-refractivity contribution in [2.45, 2.75) is 32.1 Å². The van der Waals surface area contributed by atoms with Crippen LogP contribution in [0.1, 0.15) is 69.4 Å². The van der Waals surface area contributed by atoms with Crippen molar-refractivity contribution in [1.29, 1.82) is 0 Å². The minimum Gasteiger partial charge on any atom is -0.508 e. The highest BCUT2D eigenvalue weighted by Crippen LogP contribution is 2.44. The van der Waals surface area contributed by atoms with Crippen molar-refractivity contribution in [2.24, 2.45) is 0 Å². The van der Waals surface area contributed by atoms with Gasteiger partial charge >= 0.3 is 5.97 Å². The second-order valence-corrected chi connectivity index (χ2v) is 7.91. The summed E-state index contributed by atoms with van der Waals surface area (Å²) in [5.41, 5.74) is 6.03. The van der Waals surface area contributed by atoms with Crippen molar-refractivity contribution in [3.05, 3.63) is 93.5 Å². The fraction of sp³-hybridized carbons (Fsp3) is 0.240. The van der Waals surface area contributed by atoms with Gasteiger partial charge in [0, 0.05) is 5.92 Å². The summed E-state index contributed by atoms with van der Waals surface area (Å²) >= 11 is 0. The summed E-state index contributed by atoms with van der Waals surface area (Å²) < 4.78 is 0. The minimum atomic E-state index is -0.945. The zero-order valence-electron chi connectivity index (χ0n) is 17.2. The lowest BCUT2D eigenvalue weighted by Gasteiger charge is -2.30. The SMILES string of the molecule is COOc1ccc2c(c1)Cc1cc(O)ccc1C2c1ccc(C(C)C)cc1C(=O)O. The van der Waals surface area contributed by atoms with Crippen molar-refractivity contribution in [3.63, 3.8) is 0 Å². The number of carboxylic acids is 1. The minimum absolute atomic E-state index is 0.189. The molecule has 5 heteroatoms. The Labute approximate surface area is 175 Å². The number of carbonyl (C=O) groups is 1. The van der Waals surface area contributed by atoms with Gasteiger partial charge in [0.15, 0.2) is 5.75 Å². The smallest absolute Gasteiger partial charge is 0.336 e. The first-order valence-electron chi connectivity index (χ1n) is 9.91.